The van der Waals surface area contributed by atoms with E-state index in [1.165, 1.54) is 0 Å². The average Bonchev–Trinajstić information content (AvgIpc) is 2.04. The van der Waals surface area contributed by atoms with Crippen LogP contribution in [0.1, 0.15) is 6.42 Å². The molecular formula is C7H16N2OS2. The number of carbonyl (C=O) groups excluding carboxylic acids is 1. The summed E-state index contributed by atoms with van der Waals surface area (Å²) in [6.07, 6.45) is 0.418. The van der Waals surface area contributed by atoms with Gasteiger partial charge in [0, 0.05) is 37.6 Å². The lowest BCUT2D eigenvalue weighted by molar-refractivity contribution is -0.130. The molecular weight excluding hydrogens is 192 g/mol. The van der Waals surface area contributed by atoms with Gasteiger partial charge >= 0.3 is 0 Å². The summed E-state index contributed by atoms with van der Waals surface area (Å²) in [4.78, 5) is 13.0. The molecule has 0 radical (unpaired) electrons. The number of carbonyl (C=O) groups is 1. The first-order chi connectivity index (χ1) is 5.76. The van der Waals surface area contributed by atoms with Crippen LogP contribution in [0.2, 0.25) is 0 Å². The minimum atomic E-state index is 0.0978. The fraction of sp³-hybridized carbons (Fsp3) is 0.857. The standard InChI is InChI=1S/C7H16N2OS2/c8-2-1-7(10)9(3-5-11)4-6-12/h11-12H,1-6,8H2. The Morgan fingerprint density at radius 1 is 1.25 bits per heavy atom. The Bertz CT molecular complexity index is 127. The molecule has 72 valence electrons. The van der Waals surface area contributed by atoms with Crippen molar-refractivity contribution in [2.45, 2.75) is 6.42 Å². The maximum atomic E-state index is 11.3. The second-order valence-electron chi connectivity index (χ2n) is 2.37. The predicted octanol–water partition coefficient (Wildman–Crippen LogP) is 0.0234. The lowest BCUT2D eigenvalue weighted by atomic mass is 10.3. The van der Waals surface area contributed by atoms with E-state index in [1.54, 1.807) is 4.90 Å². The Labute approximate surface area is 84.5 Å². The fourth-order valence-corrected chi connectivity index (χ4v) is 1.37. The number of rotatable bonds is 6. The van der Waals surface area contributed by atoms with Gasteiger partial charge in [-0.3, -0.25) is 4.79 Å². The summed E-state index contributed by atoms with van der Waals surface area (Å²) >= 11 is 8.13. The first-order valence-electron chi connectivity index (χ1n) is 3.95. The summed E-state index contributed by atoms with van der Waals surface area (Å²) in [6.45, 7) is 1.78. The molecule has 0 saturated carbocycles. The molecule has 0 atom stereocenters. The van der Waals surface area contributed by atoms with E-state index in [1.807, 2.05) is 0 Å². The molecule has 2 N–H and O–H groups in total. The van der Waals surface area contributed by atoms with Gasteiger partial charge in [0.15, 0.2) is 0 Å². The molecule has 12 heavy (non-hydrogen) atoms. The predicted molar refractivity (Wildman–Crippen MR) is 58.0 cm³/mol. The maximum Gasteiger partial charge on any atom is 0.223 e. The third kappa shape index (κ3) is 4.90. The van der Waals surface area contributed by atoms with Crippen LogP contribution in [0, 0.1) is 0 Å². The highest BCUT2D eigenvalue weighted by Gasteiger charge is 2.09. The summed E-state index contributed by atoms with van der Waals surface area (Å²) in [5.74, 6) is 1.47. The van der Waals surface area contributed by atoms with Gasteiger partial charge in [-0.2, -0.15) is 25.3 Å². The number of hydrogen-bond donors (Lipinski definition) is 3. The van der Waals surface area contributed by atoms with Crippen molar-refractivity contribution in [1.82, 2.24) is 4.90 Å². The Hall–Kier alpha value is 0.130. The number of amides is 1. The Balaban J connectivity index is 3.81. The molecule has 0 aliphatic rings. The van der Waals surface area contributed by atoms with Crippen LogP contribution >= 0.6 is 25.3 Å². The number of nitrogens with zero attached hydrogens (tertiary/aromatic N) is 1. The lowest BCUT2D eigenvalue weighted by Crippen LogP contribution is -2.35. The molecule has 0 spiro atoms. The number of nitrogens with two attached hydrogens (primary N) is 1. The normalized spacial score (nSPS) is 9.92. The minimum absolute atomic E-state index is 0.0978. The topological polar surface area (TPSA) is 46.3 Å². The zero-order chi connectivity index (χ0) is 9.40. The Kier molecular flexibility index (Phi) is 7.85. The van der Waals surface area contributed by atoms with E-state index in [0.29, 0.717) is 37.6 Å². The van der Waals surface area contributed by atoms with Crippen molar-refractivity contribution < 1.29 is 4.79 Å². The summed E-state index contributed by atoms with van der Waals surface area (Å²) < 4.78 is 0. The summed E-state index contributed by atoms with van der Waals surface area (Å²) in [5.41, 5.74) is 5.27. The van der Waals surface area contributed by atoms with Crippen molar-refractivity contribution in [3.8, 4) is 0 Å². The molecule has 3 nitrogen and oxygen atoms in total. The van der Waals surface area contributed by atoms with E-state index in [9.17, 15) is 4.79 Å². The monoisotopic (exact) mass is 208 g/mol. The molecule has 0 aromatic rings. The molecule has 0 aromatic carbocycles. The highest BCUT2D eigenvalue weighted by atomic mass is 32.1. The highest BCUT2D eigenvalue weighted by Crippen LogP contribution is 1.95. The summed E-state index contributed by atoms with van der Waals surface area (Å²) in [5, 5.41) is 0. The van der Waals surface area contributed by atoms with Crippen LogP contribution in [-0.2, 0) is 4.79 Å². The van der Waals surface area contributed by atoms with Crippen LogP contribution in [0.5, 0.6) is 0 Å². The second-order valence-corrected chi connectivity index (χ2v) is 3.26. The fourth-order valence-electron chi connectivity index (χ4n) is 0.884. The molecule has 1 amide bonds. The molecule has 0 saturated heterocycles. The van der Waals surface area contributed by atoms with Crippen molar-refractivity contribution in [2.75, 3.05) is 31.1 Å². The van der Waals surface area contributed by atoms with Crippen LogP contribution in [0.15, 0.2) is 0 Å². The molecule has 0 fully saturated rings. The summed E-state index contributed by atoms with van der Waals surface area (Å²) in [7, 11) is 0. The van der Waals surface area contributed by atoms with E-state index in [-0.39, 0.29) is 5.91 Å². The van der Waals surface area contributed by atoms with E-state index in [2.05, 4.69) is 25.3 Å². The van der Waals surface area contributed by atoms with Gasteiger partial charge in [-0.15, -0.1) is 0 Å². The minimum Gasteiger partial charge on any atom is -0.341 e. The summed E-state index contributed by atoms with van der Waals surface area (Å²) in [6, 6.07) is 0. The van der Waals surface area contributed by atoms with Crippen molar-refractivity contribution in [1.29, 1.82) is 0 Å². The first kappa shape index (κ1) is 12.1. The van der Waals surface area contributed by atoms with Gasteiger partial charge in [0.05, 0.1) is 0 Å². The molecule has 0 unspecified atom stereocenters. The van der Waals surface area contributed by atoms with Crippen molar-refractivity contribution >= 4 is 31.2 Å². The number of thiol groups is 2. The van der Waals surface area contributed by atoms with Gasteiger partial charge in [0.25, 0.3) is 0 Å². The first-order valence-corrected chi connectivity index (χ1v) is 5.22. The van der Waals surface area contributed by atoms with Gasteiger partial charge in [0.1, 0.15) is 0 Å². The second kappa shape index (κ2) is 7.76. The Morgan fingerprint density at radius 3 is 2.08 bits per heavy atom. The third-order valence-corrected chi connectivity index (χ3v) is 1.85. The van der Waals surface area contributed by atoms with E-state index >= 15 is 0 Å². The largest absolute Gasteiger partial charge is 0.341 e. The van der Waals surface area contributed by atoms with Crippen LogP contribution in [-0.4, -0.2) is 41.9 Å². The molecule has 0 rings (SSSR count). The van der Waals surface area contributed by atoms with E-state index in [4.69, 9.17) is 5.73 Å². The quantitative estimate of drug-likeness (QED) is 0.539. The molecule has 0 bridgehead atoms. The molecule has 0 aliphatic heterocycles. The SMILES string of the molecule is NCCC(=O)N(CCS)CCS. The van der Waals surface area contributed by atoms with E-state index < -0.39 is 0 Å². The molecule has 0 aliphatic carbocycles. The smallest absolute Gasteiger partial charge is 0.223 e. The van der Waals surface area contributed by atoms with Gasteiger partial charge < -0.3 is 10.6 Å². The van der Waals surface area contributed by atoms with Crippen LogP contribution in [0.4, 0.5) is 0 Å². The van der Waals surface area contributed by atoms with E-state index in [0.717, 1.165) is 0 Å². The number of hydrogen-bond acceptors (Lipinski definition) is 4. The van der Waals surface area contributed by atoms with Crippen molar-refractivity contribution in [3.63, 3.8) is 0 Å². The Morgan fingerprint density at radius 2 is 1.75 bits per heavy atom. The highest BCUT2D eigenvalue weighted by molar-refractivity contribution is 7.80. The lowest BCUT2D eigenvalue weighted by Gasteiger charge is -2.20. The molecule has 5 heteroatoms. The zero-order valence-corrected chi connectivity index (χ0v) is 8.86. The van der Waals surface area contributed by atoms with Crippen molar-refractivity contribution in [3.05, 3.63) is 0 Å². The third-order valence-electron chi connectivity index (χ3n) is 1.45. The molecule has 0 aromatic heterocycles. The maximum absolute atomic E-state index is 11.3. The van der Waals surface area contributed by atoms with Crippen LogP contribution in [0.3, 0.4) is 0 Å². The van der Waals surface area contributed by atoms with Gasteiger partial charge in [0.2, 0.25) is 5.91 Å². The van der Waals surface area contributed by atoms with Crippen LogP contribution < -0.4 is 5.73 Å². The van der Waals surface area contributed by atoms with Crippen molar-refractivity contribution in [2.24, 2.45) is 5.73 Å². The molecule has 0 heterocycles. The van der Waals surface area contributed by atoms with Crippen LogP contribution in [0.25, 0.3) is 0 Å². The average molecular weight is 208 g/mol. The van der Waals surface area contributed by atoms with Gasteiger partial charge in [-0.1, -0.05) is 0 Å². The zero-order valence-electron chi connectivity index (χ0n) is 7.07. The van der Waals surface area contributed by atoms with Gasteiger partial charge in [-0.05, 0) is 0 Å². The van der Waals surface area contributed by atoms with Gasteiger partial charge in [-0.25, -0.2) is 0 Å².